The average molecular weight is 335 g/mol. The van der Waals surface area contributed by atoms with Gasteiger partial charge in [0.25, 0.3) is 5.91 Å². The second kappa shape index (κ2) is 8.27. The Morgan fingerprint density at radius 2 is 2.04 bits per heavy atom. The van der Waals surface area contributed by atoms with Crippen molar-refractivity contribution < 1.29 is 19.1 Å². The van der Waals surface area contributed by atoms with Crippen LogP contribution in [0.25, 0.3) is 0 Å². The van der Waals surface area contributed by atoms with Crippen LogP contribution in [0.5, 0.6) is 0 Å². The minimum atomic E-state index is -0.842. The van der Waals surface area contributed by atoms with Crippen molar-refractivity contribution in [3.05, 3.63) is 24.3 Å². The number of rotatable bonds is 5. The lowest BCUT2D eigenvalue weighted by Gasteiger charge is -2.27. The van der Waals surface area contributed by atoms with Crippen LogP contribution in [0.2, 0.25) is 0 Å². The van der Waals surface area contributed by atoms with Crippen LogP contribution in [-0.2, 0) is 14.3 Å². The molecule has 1 aliphatic rings. The molecule has 130 valence electrons. The lowest BCUT2D eigenvalue weighted by atomic mass is 10.2. The summed E-state index contributed by atoms with van der Waals surface area (Å²) >= 11 is 0. The Morgan fingerprint density at radius 3 is 2.62 bits per heavy atom. The summed E-state index contributed by atoms with van der Waals surface area (Å²) in [6.07, 6.45) is 0. The molecule has 2 rings (SSSR count). The van der Waals surface area contributed by atoms with Crippen molar-refractivity contribution in [3.63, 3.8) is 0 Å². The van der Waals surface area contributed by atoms with Gasteiger partial charge >= 0.3 is 6.03 Å². The van der Waals surface area contributed by atoms with Gasteiger partial charge in [-0.3, -0.25) is 9.59 Å². The lowest BCUT2D eigenvalue weighted by molar-refractivity contribution is -0.125. The van der Waals surface area contributed by atoms with Crippen molar-refractivity contribution in [1.82, 2.24) is 10.6 Å². The van der Waals surface area contributed by atoms with Crippen LogP contribution < -0.4 is 26.6 Å². The first-order chi connectivity index (χ1) is 11.5. The minimum absolute atomic E-state index is 0.0282. The molecule has 1 aromatic rings. The number of carbonyl (C=O) groups excluding carboxylic acids is 3. The molecule has 1 aliphatic heterocycles. The maximum absolute atomic E-state index is 12.1. The first-order valence-electron chi connectivity index (χ1n) is 7.52. The highest BCUT2D eigenvalue weighted by Crippen LogP contribution is 2.19. The number of ether oxygens (including phenoxy) is 1. The molecule has 0 aliphatic carbocycles. The van der Waals surface area contributed by atoms with Crippen molar-refractivity contribution in [2.45, 2.75) is 6.04 Å². The van der Waals surface area contributed by atoms with Crippen molar-refractivity contribution in [3.8, 4) is 0 Å². The molecule has 0 radical (unpaired) electrons. The normalized spacial score (nSPS) is 15.6. The Morgan fingerprint density at radius 1 is 1.33 bits per heavy atom. The first kappa shape index (κ1) is 17.7. The van der Waals surface area contributed by atoms with Crippen molar-refractivity contribution in [2.24, 2.45) is 5.73 Å². The van der Waals surface area contributed by atoms with Gasteiger partial charge in [-0.1, -0.05) is 0 Å². The third-order valence-electron chi connectivity index (χ3n) is 3.52. The number of benzene rings is 1. The van der Waals surface area contributed by atoms with Crippen molar-refractivity contribution in [1.29, 1.82) is 0 Å². The summed E-state index contributed by atoms with van der Waals surface area (Å²) in [6, 6.07) is 5.52. The summed E-state index contributed by atoms with van der Waals surface area (Å²) in [4.78, 5) is 36.8. The predicted molar refractivity (Wildman–Crippen MR) is 88.7 cm³/mol. The molecule has 1 saturated heterocycles. The topological polar surface area (TPSA) is 126 Å². The number of hydrogen-bond acceptors (Lipinski definition) is 5. The number of morpholine rings is 1. The zero-order chi connectivity index (χ0) is 17.5. The van der Waals surface area contributed by atoms with E-state index in [1.807, 2.05) is 0 Å². The second-order valence-electron chi connectivity index (χ2n) is 5.15. The van der Waals surface area contributed by atoms with Gasteiger partial charge in [0, 0.05) is 31.5 Å². The van der Waals surface area contributed by atoms with E-state index >= 15 is 0 Å². The number of hydrogen-bond donors (Lipinski definition) is 4. The molecule has 5 N–H and O–H groups in total. The third-order valence-corrected chi connectivity index (χ3v) is 3.52. The monoisotopic (exact) mass is 335 g/mol. The van der Waals surface area contributed by atoms with E-state index in [0.29, 0.717) is 18.8 Å². The summed E-state index contributed by atoms with van der Waals surface area (Å²) in [7, 11) is 1.45. The molecule has 1 fully saturated rings. The van der Waals surface area contributed by atoms with Gasteiger partial charge in [0.2, 0.25) is 5.91 Å². The molecule has 24 heavy (non-hydrogen) atoms. The van der Waals surface area contributed by atoms with Crippen molar-refractivity contribution in [2.75, 3.05) is 43.6 Å². The quantitative estimate of drug-likeness (QED) is 0.563. The van der Waals surface area contributed by atoms with E-state index in [1.54, 1.807) is 29.2 Å². The molecule has 4 amide bonds. The summed E-state index contributed by atoms with van der Waals surface area (Å²) < 4.78 is 5.09. The molecule has 0 unspecified atom stereocenters. The zero-order valence-corrected chi connectivity index (χ0v) is 13.4. The van der Waals surface area contributed by atoms with E-state index < -0.39 is 18.0 Å². The average Bonchev–Trinajstić information content (AvgIpc) is 2.60. The highest BCUT2D eigenvalue weighted by atomic mass is 16.5. The number of nitrogens with zero attached hydrogens (tertiary/aromatic N) is 1. The van der Waals surface area contributed by atoms with Gasteiger partial charge in [-0.15, -0.1) is 0 Å². The summed E-state index contributed by atoms with van der Waals surface area (Å²) in [5, 5.41) is 7.49. The van der Waals surface area contributed by atoms with Crippen LogP contribution in [0.15, 0.2) is 24.3 Å². The molecule has 0 spiro atoms. The molecule has 0 aromatic heterocycles. The fraction of sp³-hybridized carbons (Fsp3) is 0.400. The van der Waals surface area contributed by atoms with E-state index in [0.717, 1.165) is 5.69 Å². The minimum Gasteiger partial charge on any atom is -0.370 e. The third kappa shape index (κ3) is 4.43. The smallest absolute Gasteiger partial charge is 0.315 e. The van der Waals surface area contributed by atoms with Gasteiger partial charge in [-0.2, -0.15) is 0 Å². The standard InChI is InChI=1S/C15H21N5O4/c1-17-15(23)19-12(8-16)14(22)18-10-2-4-11(5-3-10)20-6-7-24-9-13(20)21/h2-5,12H,6-9,16H2,1H3,(H,18,22)(H2,17,19,23)/t12-/m1/s1. The first-order valence-corrected chi connectivity index (χ1v) is 7.52. The number of nitrogens with two attached hydrogens (primary N) is 1. The van der Waals surface area contributed by atoms with Gasteiger partial charge in [0.15, 0.2) is 0 Å². The van der Waals surface area contributed by atoms with E-state index in [1.165, 1.54) is 7.05 Å². The van der Waals surface area contributed by atoms with Crippen LogP contribution in [-0.4, -0.2) is 57.2 Å². The molecule has 9 nitrogen and oxygen atoms in total. The Balaban J connectivity index is 1.98. The molecule has 1 atom stereocenters. The molecule has 1 aromatic carbocycles. The van der Waals surface area contributed by atoms with Gasteiger partial charge in [0.1, 0.15) is 12.6 Å². The van der Waals surface area contributed by atoms with Gasteiger partial charge < -0.3 is 31.3 Å². The maximum Gasteiger partial charge on any atom is 0.315 e. The molecular weight excluding hydrogens is 314 g/mol. The van der Waals surface area contributed by atoms with E-state index in [-0.39, 0.29) is 19.1 Å². The van der Waals surface area contributed by atoms with Crippen LogP contribution in [0.3, 0.4) is 0 Å². The highest BCUT2D eigenvalue weighted by Gasteiger charge is 2.21. The Hall–Kier alpha value is -2.65. The zero-order valence-electron chi connectivity index (χ0n) is 13.4. The van der Waals surface area contributed by atoms with Crippen LogP contribution in [0.1, 0.15) is 0 Å². The fourth-order valence-corrected chi connectivity index (χ4v) is 2.21. The molecule has 0 bridgehead atoms. The Labute approximate surface area is 139 Å². The maximum atomic E-state index is 12.1. The summed E-state index contributed by atoms with van der Waals surface area (Å²) in [6.45, 7) is 1.03. The number of amides is 4. The number of urea groups is 1. The molecule has 1 heterocycles. The summed E-state index contributed by atoms with van der Waals surface area (Å²) in [5.74, 6) is -0.521. The predicted octanol–water partition coefficient (Wildman–Crippen LogP) is -0.755. The Kier molecular flexibility index (Phi) is 6.10. The highest BCUT2D eigenvalue weighted by molar-refractivity contribution is 5.98. The number of anilines is 2. The molecular formula is C15H21N5O4. The Bertz CT molecular complexity index is 604. The lowest BCUT2D eigenvalue weighted by Crippen LogP contribution is -2.50. The van der Waals surface area contributed by atoms with E-state index in [2.05, 4.69) is 16.0 Å². The SMILES string of the molecule is CNC(=O)N[C@H](CN)C(=O)Nc1ccc(N2CCOCC2=O)cc1. The van der Waals surface area contributed by atoms with Gasteiger partial charge in [-0.25, -0.2) is 4.79 Å². The van der Waals surface area contributed by atoms with Crippen LogP contribution in [0, 0.1) is 0 Å². The van der Waals surface area contributed by atoms with Gasteiger partial charge in [0.05, 0.1) is 6.61 Å². The van der Waals surface area contributed by atoms with E-state index in [9.17, 15) is 14.4 Å². The van der Waals surface area contributed by atoms with E-state index in [4.69, 9.17) is 10.5 Å². The fourth-order valence-electron chi connectivity index (χ4n) is 2.21. The number of nitrogens with one attached hydrogen (secondary N) is 3. The van der Waals surface area contributed by atoms with Crippen molar-refractivity contribution >= 4 is 29.2 Å². The van der Waals surface area contributed by atoms with Gasteiger partial charge in [-0.05, 0) is 24.3 Å². The second-order valence-corrected chi connectivity index (χ2v) is 5.15. The largest absolute Gasteiger partial charge is 0.370 e. The molecule has 9 heteroatoms. The van der Waals surface area contributed by atoms with Crippen LogP contribution in [0.4, 0.5) is 16.2 Å². The molecule has 0 saturated carbocycles. The number of carbonyl (C=O) groups is 3. The summed E-state index contributed by atoms with van der Waals surface area (Å²) in [5.41, 5.74) is 6.79. The van der Waals surface area contributed by atoms with Crippen LogP contribution >= 0.6 is 0 Å².